The van der Waals surface area contributed by atoms with Crippen molar-refractivity contribution in [1.29, 1.82) is 0 Å². The Kier molecular flexibility index (Phi) is 5.52. The molecule has 5 heteroatoms. The lowest BCUT2D eigenvalue weighted by Crippen LogP contribution is -2.31. The number of thiophene rings is 1. The summed E-state index contributed by atoms with van der Waals surface area (Å²) in [6.07, 6.45) is -0.598. The molecular weight excluding hydrogens is 277 g/mol. The van der Waals surface area contributed by atoms with Crippen LogP contribution < -0.4 is 10.1 Å². The highest BCUT2D eigenvalue weighted by molar-refractivity contribution is 7.08. The number of aliphatic hydroxyl groups is 1. The van der Waals surface area contributed by atoms with Crippen LogP contribution in [0.3, 0.4) is 0 Å². The minimum Gasteiger partial charge on any atom is -0.491 e. The molecule has 0 amide bonds. The van der Waals surface area contributed by atoms with E-state index in [-0.39, 0.29) is 12.4 Å². The fourth-order valence-corrected chi connectivity index (χ4v) is 2.58. The highest BCUT2D eigenvalue weighted by atomic mass is 32.1. The van der Waals surface area contributed by atoms with Crippen LogP contribution in [0.1, 0.15) is 11.1 Å². The lowest BCUT2D eigenvalue weighted by Gasteiger charge is -2.13. The van der Waals surface area contributed by atoms with Crippen LogP contribution in [0.15, 0.2) is 35.0 Å². The van der Waals surface area contributed by atoms with Gasteiger partial charge in [-0.25, -0.2) is 4.39 Å². The first-order valence-electron chi connectivity index (χ1n) is 6.44. The number of rotatable bonds is 7. The molecule has 2 rings (SSSR count). The summed E-state index contributed by atoms with van der Waals surface area (Å²) in [6.45, 7) is 3.45. The lowest BCUT2D eigenvalue weighted by molar-refractivity contribution is 0.106. The number of hydrogen-bond acceptors (Lipinski definition) is 4. The maximum absolute atomic E-state index is 12.7. The summed E-state index contributed by atoms with van der Waals surface area (Å²) < 4.78 is 18.1. The van der Waals surface area contributed by atoms with Crippen molar-refractivity contribution in [2.75, 3.05) is 13.2 Å². The second-order valence-corrected chi connectivity index (χ2v) is 5.37. The summed E-state index contributed by atoms with van der Waals surface area (Å²) in [7, 11) is 0. The molecule has 1 aromatic carbocycles. The van der Waals surface area contributed by atoms with E-state index in [4.69, 9.17) is 4.74 Å². The van der Waals surface area contributed by atoms with Crippen molar-refractivity contribution < 1.29 is 14.2 Å². The Labute approximate surface area is 122 Å². The first-order chi connectivity index (χ1) is 9.65. The second-order valence-electron chi connectivity index (χ2n) is 4.63. The molecule has 1 aromatic heterocycles. The fraction of sp³-hybridized carbons (Fsp3) is 0.333. The molecule has 1 atom stereocenters. The van der Waals surface area contributed by atoms with Crippen LogP contribution in [-0.4, -0.2) is 24.4 Å². The van der Waals surface area contributed by atoms with E-state index in [2.05, 4.69) is 23.0 Å². The van der Waals surface area contributed by atoms with E-state index in [1.54, 1.807) is 23.5 Å². The zero-order valence-corrected chi connectivity index (χ0v) is 12.1. The predicted octanol–water partition coefficient (Wildman–Crippen LogP) is 2.73. The van der Waals surface area contributed by atoms with Gasteiger partial charge in [-0.2, -0.15) is 11.3 Å². The highest BCUT2D eigenvalue weighted by Gasteiger charge is 2.06. The van der Waals surface area contributed by atoms with Crippen LogP contribution in [0.5, 0.6) is 5.75 Å². The number of halogens is 1. The van der Waals surface area contributed by atoms with Crippen LogP contribution in [0.4, 0.5) is 4.39 Å². The molecule has 2 aromatic rings. The van der Waals surface area contributed by atoms with Gasteiger partial charge in [0.1, 0.15) is 24.3 Å². The fourth-order valence-electron chi connectivity index (χ4n) is 1.72. The molecule has 0 aliphatic heterocycles. The summed E-state index contributed by atoms with van der Waals surface area (Å²) in [4.78, 5) is 0. The summed E-state index contributed by atoms with van der Waals surface area (Å²) in [6, 6.07) is 5.76. The van der Waals surface area contributed by atoms with Crippen LogP contribution in [-0.2, 0) is 6.54 Å². The molecule has 1 unspecified atom stereocenters. The van der Waals surface area contributed by atoms with Crippen LogP contribution >= 0.6 is 11.3 Å². The quantitative estimate of drug-likeness (QED) is 0.825. The number of ether oxygens (including phenoxy) is 1. The van der Waals surface area contributed by atoms with Gasteiger partial charge in [0.25, 0.3) is 0 Å². The van der Waals surface area contributed by atoms with Gasteiger partial charge >= 0.3 is 0 Å². The molecule has 108 valence electrons. The number of hydrogen-bond donors (Lipinski definition) is 2. The normalized spacial score (nSPS) is 12.3. The molecular formula is C15H18FNO2S. The maximum Gasteiger partial charge on any atom is 0.123 e. The van der Waals surface area contributed by atoms with E-state index < -0.39 is 6.10 Å². The van der Waals surface area contributed by atoms with Crippen LogP contribution in [0.25, 0.3) is 0 Å². The monoisotopic (exact) mass is 295 g/mol. The minimum atomic E-state index is -0.598. The third kappa shape index (κ3) is 4.59. The Morgan fingerprint density at radius 2 is 2.05 bits per heavy atom. The average Bonchev–Trinajstić information content (AvgIpc) is 2.84. The molecule has 0 radical (unpaired) electrons. The summed E-state index contributed by atoms with van der Waals surface area (Å²) >= 11 is 1.68. The van der Waals surface area contributed by atoms with Gasteiger partial charge < -0.3 is 15.2 Å². The molecule has 0 spiro atoms. The molecule has 0 saturated heterocycles. The number of nitrogens with one attached hydrogen (secondary N) is 1. The standard InChI is InChI=1S/C15H18FNO2S/c1-11-9-20-10-12(11)6-17-7-14(18)8-19-15-4-2-13(16)3-5-15/h2-5,9-10,14,17-18H,6-8H2,1H3. The highest BCUT2D eigenvalue weighted by Crippen LogP contribution is 2.13. The first kappa shape index (κ1) is 15.0. The lowest BCUT2D eigenvalue weighted by atomic mass is 10.2. The maximum atomic E-state index is 12.7. The zero-order chi connectivity index (χ0) is 14.4. The third-order valence-corrected chi connectivity index (χ3v) is 3.82. The smallest absolute Gasteiger partial charge is 0.123 e. The Hall–Kier alpha value is -1.43. The van der Waals surface area contributed by atoms with Gasteiger partial charge in [-0.05, 0) is 53.1 Å². The molecule has 0 fully saturated rings. The zero-order valence-electron chi connectivity index (χ0n) is 11.3. The van der Waals surface area contributed by atoms with Crippen LogP contribution in [0, 0.1) is 12.7 Å². The van der Waals surface area contributed by atoms with Gasteiger partial charge in [0, 0.05) is 13.1 Å². The molecule has 3 nitrogen and oxygen atoms in total. The number of aliphatic hydroxyl groups excluding tert-OH is 1. The van der Waals surface area contributed by atoms with Gasteiger partial charge in [0.2, 0.25) is 0 Å². The van der Waals surface area contributed by atoms with Gasteiger partial charge in [-0.1, -0.05) is 0 Å². The Morgan fingerprint density at radius 1 is 1.30 bits per heavy atom. The van der Waals surface area contributed by atoms with E-state index >= 15 is 0 Å². The predicted molar refractivity (Wildman–Crippen MR) is 78.7 cm³/mol. The Balaban J connectivity index is 1.66. The summed E-state index contributed by atoms with van der Waals surface area (Å²) in [5, 5.41) is 17.2. The van der Waals surface area contributed by atoms with Crippen LogP contribution in [0.2, 0.25) is 0 Å². The van der Waals surface area contributed by atoms with Gasteiger partial charge in [-0.15, -0.1) is 0 Å². The second kappa shape index (κ2) is 7.38. The first-order valence-corrected chi connectivity index (χ1v) is 7.38. The Bertz CT molecular complexity index is 527. The molecule has 0 aliphatic carbocycles. The van der Waals surface area contributed by atoms with E-state index in [0.717, 1.165) is 6.54 Å². The largest absolute Gasteiger partial charge is 0.491 e. The average molecular weight is 295 g/mol. The van der Waals surface area contributed by atoms with Crippen molar-refractivity contribution in [3.63, 3.8) is 0 Å². The third-order valence-electron chi connectivity index (χ3n) is 2.91. The Morgan fingerprint density at radius 3 is 2.70 bits per heavy atom. The summed E-state index contributed by atoms with van der Waals surface area (Å²) in [5.74, 6) is 0.254. The van der Waals surface area contributed by atoms with Crippen molar-refractivity contribution in [1.82, 2.24) is 5.32 Å². The molecule has 0 aliphatic rings. The van der Waals surface area contributed by atoms with Gasteiger partial charge in [-0.3, -0.25) is 0 Å². The van der Waals surface area contributed by atoms with Crippen molar-refractivity contribution >= 4 is 11.3 Å². The van der Waals surface area contributed by atoms with E-state index in [1.807, 2.05) is 0 Å². The van der Waals surface area contributed by atoms with E-state index in [9.17, 15) is 9.50 Å². The van der Waals surface area contributed by atoms with E-state index in [1.165, 1.54) is 23.3 Å². The number of benzene rings is 1. The SMILES string of the molecule is Cc1cscc1CNCC(O)COc1ccc(F)cc1. The van der Waals surface area contributed by atoms with E-state index in [0.29, 0.717) is 12.3 Å². The topological polar surface area (TPSA) is 41.5 Å². The molecule has 0 bridgehead atoms. The summed E-state index contributed by atoms with van der Waals surface area (Å²) in [5.41, 5.74) is 2.52. The van der Waals surface area contributed by atoms with Crippen molar-refractivity contribution in [3.8, 4) is 5.75 Å². The minimum absolute atomic E-state index is 0.182. The molecule has 1 heterocycles. The van der Waals surface area contributed by atoms with Gasteiger partial charge in [0.05, 0.1) is 0 Å². The molecule has 0 saturated carbocycles. The van der Waals surface area contributed by atoms with Crippen molar-refractivity contribution in [2.45, 2.75) is 19.6 Å². The number of aryl methyl sites for hydroxylation is 1. The van der Waals surface area contributed by atoms with Crippen molar-refractivity contribution in [2.24, 2.45) is 0 Å². The van der Waals surface area contributed by atoms with Gasteiger partial charge in [0.15, 0.2) is 0 Å². The molecule has 20 heavy (non-hydrogen) atoms. The van der Waals surface area contributed by atoms with Crippen molar-refractivity contribution in [3.05, 3.63) is 52.0 Å². The molecule has 2 N–H and O–H groups in total.